The number of carboxylic acids is 2. The van der Waals surface area contributed by atoms with Crippen LogP contribution in [0, 0.1) is 0 Å². The van der Waals surface area contributed by atoms with Crippen LogP contribution < -0.4 is 0 Å². The van der Waals surface area contributed by atoms with Crippen molar-refractivity contribution in [1.82, 2.24) is 0 Å². The summed E-state index contributed by atoms with van der Waals surface area (Å²) in [6.07, 6.45) is 2.98. The summed E-state index contributed by atoms with van der Waals surface area (Å²) in [5.74, 6) is -2.24. The van der Waals surface area contributed by atoms with Crippen LogP contribution >= 0.6 is 0 Å². The van der Waals surface area contributed by atoms with Gasteiger partial charge in [-0.1, -0.05) is 26.2 Å². The Morgan fingerprint density at radius 3 is 1.67 bits per heavy atom. The third-order valence-corrected chi connectivity index (χ3v) is 2.61. The molecule has 0 unspecified atom stereocenters. The van der Waals surface area contributed by atoms with Gasteiger partial charge in [0, 0.05) is 0 Å². The van der Waals surface area contributed by atoms with E-state index in [0.717, 1.165) is 19.3 Å². The van der Waals surface area contributed by atoms with Crippen molar-refractivity contribution in [1.29, 1.82) is 0 Å². The zero-order valence-corrected chi connectivity index (χ0v) is 11.1. The zero-order valence-electron chi connectivity index (χ0n) is 10.3. The highest BCUT2D eigenvalue weighted by molar-refractivity contribution is 7.85. The van der Waals surface area contributed by atoms with Gasteiger partial charge in [0.05, 0.1) is 18.6 Å². The summed E-state index contributed by atoms with van der Waals surface area (Å²) in [4.78, 5) is 19.3. The fraction of sp³-hybridized carbons (Fsp3) is 0.800. The van der Waals surface area contributed by atoms with Gasteiger partial charge in [0.1, 0.15) is 0 Å². The molecule has 108 valence electrons. The SMILES string of the molecule is CCCCCCS(=O)(=O)O.O=C(O)CCC(=O)O. The third-order valence-electron chi connectivity index (χ3n) is 1.81. The largest absolute Gasteiger partial charge is 0.481 e. The first-order valence-electron chi connectivity index (χ1n) is 5.57. The Bertz CT molecular complexity index is 320. The van der Waals surface area contributed by atoms with Gasteiger partial charge in [-0.2, -0.15) is 8.42 Å². The van der Waals surface area contributed by atoms with Crippen LogP contribution in [-0.4, -0.2) is 40.9 Å². The Hall–Kier alpha value is -1.15. The van der Waals surface area contributed by atoms with Crippen LogP contribution in [0.25, 0.3) is 0 Å². The molecule has 0 aliphatic heterocycles. The van der Waals surface area contributed by atoms with Gasteiger partial charge in [-0.3, -0.25) is 14.1 Å². The molecule has 0 radical (unpaired) electrons. The van der Waals surface area contributed by atoms with Crippen LogP contribution in [0.2, 0.25) is 0 Å². The molecule has 0 aliphatic carbocycles. The fourth-order valence-corrected chi connectivity index (χ4v) is 1.49. The number of aliphatic carboxylic acids is 2. The molecule has 0 aliphatic rings. The summed E-state index contributed by atoms with van der Waals surface area (Å²) < 4.78 is 28.6. The van der Waals surface area contributed by atoms with Crippen LogP contribution in [0.3, 0.4) is 0 Å². The summed E-state index contributed by atoms with van der Waals surface area (Å²) in [6.45, 7) is 2.05. The van der Waals surface area contributed by atoms with E-state index in [1.54, 1.807) is 0 Å². The lowest BCUT2D eigenvalue weighted by atomic mass is 10.2. The van der Waals surface area contributed by atoms with E-state index in [1.807, 2.05) is 6.92 Å². The Balaban J connectivity index is 0. The minimum Gasteiger partial charge on any atom is -0.481 e. The highest BCUT2D eigenvalue weighted by atomic mass is 32.2. The molecule has 0 rings (SSSR count). The monoisotopic (exact) mass is 284 g/mol. The minimum absolute atomic E-state index is 0.0903. The fourth-order valence-electron chi connectivity index (χ4n) is 0.925. The Labute approximate surface area is 107 Å². The van der Waals surface area contributed by atoms with Crippen LogP contribution in [-0.2, 0) is 19.7 Å². The third kappa shape index (κ3) is 24.2. The standard InChI is InChI=1S/C6H14O3S.C4H6O4/c1-2-3-4-5-6-10(7,8)9;5-3(6)1-2-4(7)8/h2-6H2,1H3,(H,7,8,9);1-2H2,(H,5,6)(H,7,8). The quantitative estimate of drug-likeness (QED) is 0.453. The maximum Gasteiger partial charge on any atom is 0.303 e. The molecule has 0 fully saturated rings. The molecular formula is C10H20O7S. The summed E-state index contributed by atoms with van der Waals surface area (Å²) in [7, 11) is -3.70. The Morgan fingerprint density at radius 2 is 1.39 bits per heavy atom. The van der Waals surface area contributed by atoms with Gasteiger partial charge in [-0.05, 0) is 6.42 Å². The Kier molecular flexibility index (Phi) is 11.7. The van der Waals surface area contributed by atoms with E-state index < -0.39 is 22.1 Å². The number of rotatable bonds is 8. The van der Waals surface area contributed by atoms with Crippen LogP contribution in [0.15, 0.2) is 0 Å². The van der Waals surface area contributed by atoms with Gasteiger partial charge >= 0.3 is 11.9 Å². The van der Waals surface area contributed by atoms with Gasteiger partial charge in [0.15, 0.2) is 0 Å². The van der Waals surface area contributed by atoms with Crippen molar-refractivity contribution in [3.05, 3.63) is 0 Å². The van der Waals surface area contributed by atoms with Crippen LogP contribution in [0.1, 0.15) is 45.4 Å². The Morgan fingerprint density at radius 1 is 0.944 bits per heavy atom. The van der Waals surface area contributed by atoms with Crippen molar-refractivity contribution in [3.63, 3.8) is 0 Å². The summed E-state index contributed by atoms with van der Waals surface area (Å²) >= 11 is 0. The predicted octanol–water partition coefficient (Wildman–Crippen LogP) is 1.39. The molecule has 8 heteroatoms. The average molecular weight is 284 g/mol. The molecular weight excluding hydrogens is 264 g/mol. The molecule has 0 aromatic heterocycles. The van der Waals surface area contributed by atoms with Crippen molar-refractivity contribution < 1.29 is 32.8 Å². The lowest BCUT2D eigenvalue weighted by Crippen LogP contribution is -2.03. The van der Waals surface area contributed by atoms with Crippen molar-refractivity contribution in [3.8, 4) is 0 Å². The van der Waals surface area contributed by atoms with Crippen molar-refractivity contribution in [2.45, 2.75) is 45.4 Å². The molecule has 0 aromatic carbocycles. The van der Waals surface area contributed by atoms with Crippen LogP contribution in [0.5, 0.6) is 0 Å². The zero-order chi connectivity index (χ0) is 14.6. The van der Waals surface area contributed by atoms with E-state index in [1.165, 1.54) is 0 Å². The first-order chi connectivity index (χ1) is 8.19. The maximum atomic E-state index is 10.1. The number of hydrogen-bond donors (Lipinski definition) is 3. The van der Waals surface area contributed by atoms with E-state index >= 15 is 0 Å². The molecule has 0 aromatic rings. The molecule has 3 N–H and O–H groups in total. The normalized spacial score (nSPS) is 10.3. The van der Waals surface area contributed by atoms with Crippen LogP contribution in [0.4, 0.5) is 0 Å². The van der Waals surface area contributed by atoms with E-state index in [9.17, 15) is 18.0 Å². The number of carboxylic acid groups (broad SMARTS) is 2. The lowest BCUT2D eigenvalue weighted by molar-refractivity contribution is -0.143. The molecule has 0 amide bonds. The second-order valence-electron chi connectivity index (χ2n) is 3.63. The molecule has 7 nitrogen and oxygen atoms in total. The number of unbranched alkanes of at least 4 members (excludes halogenated alkanes) is 3. The van der Waals surface area contributed by atoms with E-state index in [-0.39, 0.29) is 18.6 Å². The highest BCUT2D eigenvalue weighted by Gasteiger charge is 2.02. The molecule has 18 heavy (non-hydrogen) atoms. The molecule has 0 heterocycles. The second kappa shape index (κ2) is 11.0. The van der Waals surface area contributed by atoms with Gasteiger partial charge in [0.25, 0.3) is 10.1 Å². The van der Waals surface area contributed by atoms with E-state index in [0.29, 0.717) is 6.42 Å². The summed E-state index contributed by atoms with van der Waals surface area (Å²) in [6, 6.07) is 0. The van der Waals surface area contributed by atoms with Crippen molar-refractivity contribution in [2.24, 2.45) is 0 Å². The number of hydrogen-bond acceptors (Lipinski definition) is 4. The first kappa shape index (κ1) is 19.2. The second-order valence-corrected chi connectivity index (χ2v) is 5.21. The predicted molar refractivity (Wildman–Crippen MR) is 65.1 cm³/mol. The molecule has 0 saturated carbocycles. The van der Waals surface area contributed by atoms with E-state index in [4.69, 9.17) is 14.8 Å². The average Bonchev–Trinajstić information content (AvgIpc) is 2.21. The van der Waals surface area contributed by atoms with Gasteiger partial charge < -0.3 is 10.2 Å². The molecule has 0 saturated heterocycles. The molecule has 0 bridgehead atoms. The maximum absolute atomic E-state index is 10.1. The molecule has 0 atom stereocenters. The van der Waals surface area contributed by atoms with E-state index in [2.05, 4.69) is 0 Å². The smallest absolute Gasteiger partial charge is 0.303 e. The highest BCUT2D eigenvalue weighted by Crippen LogP contribution is 2.00. The lowest BCUT2D eigenvalue weighted by Gasteiger charge is -1.95. The number of carbonyl (C=O) groups is 2. The first-order valence-corrected chi connectivity index (χ1v) is 7.18. The molecule has 0 spiro atoms. The van der Waals surface area contributed by atoms with Crippen molar-refractivity contribution >= 4 is 22.1 Å². The van der Waals surface area contributed by atoms with Gasteiger partial charge in [-0.15, -0.1) is 0 Å². The summed E-state index contributed by atoms with van der Waals surface area (Å²) in [5, 5.41) is 15.8. The van der Waals surface area contributed by atoms with Crippen molar-refractivity contribution in [2.75, 3.05) is 5.75 Å². The van der Waals surface area contributed by atoms with Gasteiger partial charge in [-0.25, -0.2) is 0 Å². The topological polar surface area (TPSA) is 129 Å². The van der Waals surface area contributed by atoms with Gasteiger partial charge in [0.2, 0.25) is 0 Å². The summed E-state index contributed by atoms with van der Waals surface area (Å²) in [5.41, 5.74) is 0. The minimum atomic E-state index is -3.70.